The molecule has 13 heavy (non-hydrogen) atoms. The molecular formula is C9H7ClN2S. The van der Waals surface area contributed by atoms with E-state index in [0.29, 0.717) is 5.02 Å². The van der Waals surface area contributed by atoms with Gasteiger partial charge in [0.05, 0.1) is 11.2 Å². The van der Waals surface area contributed by atoms with Gasteiger partial charge in [0, 0.05) is 16.6 Å². The highest BCUT2D eigenvalue weighted by molar-refractivity contribution is 7.81. The Kier molecular flexibility index (Phi) is 2.29. The molecule has 0 aliphatic heterocycles. The van der Waals surface area contributed by atoms with Gasteiger partial charge >= 0.3 is 0 Å². The Morgan fingerprint density at radius 1 is 1.31 bits per heavy atom. The Hall–Kier alpha value is -0.930. The molecule has 2 nitrogen and oxygen atoms in total. The first-order valence-electron chi connectivity index (χ1n) is 3.75. The van der Waals surface area contributed by atoms with Crippen LogP contribution < -0.4 is 4.72 Å². The quantitative estimate of drug-likeness (QED) is 0.707. The van der Waals surface area contributed by atoms with Gasteiger partial charge in [0.15, 0.2) is 0 Å². The lowest BCUT2D eigenvalue weighted by molar-refractivity contribution is 1.41. The average Bonchev–Trinajstić information content (AvgIpc) is 2.16. The van der Waals surface area contributed by atoms with E-state index in [1.54, 1.807) is 6.20 Å². The van der Waals surface area contributed by atoms with E-state index < -0.39 is 0 Å². The van der Waals surface area contributed by atoms with E-state index in [1.165, 1.54) is 0 Å². The van der Waals surface area contributed by atoms with Gasteiger partial charge in [-0.15, -0.1) is 0 Å². The summed E-state index contributed by atoms with van der Waals surface area (Å²) in [5.74, 6) is 0. The number of rotatable bonds is 1. The second kappa shape index (κ2) is 3.44. The van der Waals surface area contributed by atoms with E-state index in [2.05, 4.69) is 22.5 Å². The van der Waals surface area contributed by atoms with Crippen LogP contribution in [0, 0.1) is 0 Å². The molecular weight excluding hydrogens is 204 g/mol. The molecule has 0 aliphatic carbocycles. The molecule has 1 aromatic heterocycles. The monoisotopic (exact) mass is 210 g/mol. The zero-order valence-corrected chi connectivity index (χ0v) is 8.31. The summed E-state index contributed by atoms with van der Waals surface area (Å²) >= 11 is 9.84. The predicted octanol–water partition coefficient (Wildman–Crippen LogP) is 3.14. The van der Waals surface area contributed by atoms with E-state index >= 15 is 0 Å². The van der Waals surface area contributed by atoms with Crippen molar-refractivity contribution in [3.8, 4) is 0 Å². The average molecular weight is 211 g/mol. The molecule has 1 heterocycles. The smallest absolute Gasteiger partial charge is 0.0737 e. The molecule has 66 valence electrons. The highest BCUT2D eigenvalue weighted by Gasteiger charge is 1.99. The van der Waals surface area contributed by atoms with Gasteiger partial charge in [-0.1, -0.05) is 24.4 Å². The number of anilines is 1. The number of halogens is 1. The largest absolute Gasteiger partial charge is 0.332 e. The Bertz CT molecular complexity index is 445. The van der Waals surface area contributed by atoms with Crippen molar-refractivity contribution >= 4 is 41.0 Å². The number of fused-ring (bicyclic) bond motifs is 1. The third-order valence-electron chi connectivity index (χ3n) is 1.83. The van der Waals surface area contributed by atoms with Gasteiger partial charge in [-0.25, -0.2) is 0 Å². The molecule has 0 unspecified atom stereocenters. The standard InChI is InChI=1S/C9H7ClN2S/c10-6-1-2-7-8(12-13)3-4-11-9(7)5-6/h1-5,13H,(H,11,12). The fourth-order valence-electron chi connectivity index (χ4n) is 1.22. The fourth-order valence-corrected chi connectivity index (χ4v) is 1.58. The van der Waals surface area contributed by atoms with Crippen molar-refractivity contribution < 1.29 is 0 Å². The third-order valence-corrected chi connectivity index (χ3v) is 2.30. The summed E-state index contributed by atoms with van der Waals surface area (Å²) in [6.07, 6.45) is 1.72. The summed E-state index contributed by atoms with van der Waals surface area (Å²) in [6, 6.07) is 7.44. The molecule has 0 bridgehead atoms. The number of nitrogens with one attached hydrogen (secondary N) is 1. The maximum absolute atomic E-state index is 5.83. The van der Waals surface area contributed by atoms with E-state index in [1.807, 2.05) is 24.3 Å². The van der Waals surface area contributed by atoms with Crippen LogP contribution in [0.3, 0.4) is 0 Å². The molecule has 2 rings (SSSR count). The Morgan fingerprint density at radius 3 is 2.92 bits per heavy atom. The fraction of sp³-hybridized carbons (Fsp3) is 0. The molecule has 0 saturated carbocycles. The van der Waals surface area contributed by atoms with Crippen LogP contribution in [0.2, 0.25) is 5.02 Å². The van der Waals surface area contributed by atoms with E-state index in [-0.39, 0.29) is 0 Å². The number of thiol groups is 1. The van der Waals surface area contributed by atoms with Gasteiger partial charge in [-0.2, -0.15) is 0 Å². The molecule has 0 fully saturated rings. The van der Waals surface area contributed by atoms with Crippen molar-refractivity contribution in [2.75, 3.05) is 4.72 Å². The lowest BCUT2D eigenvalue weighted by Gasteiger charge is -2.03. The lowest BCUT2D eigenvalue weighted by Crippen LogP contribution is -1.85. The first-order chi connectivity index (χ1) is 6.31. The SMILES string of the molecule is SNc1ccnc2cc(Cl)ccc12. The molecule has 1 aromatic carbocycles. The molecule has 0 aliphatic rings. The van der Waals surface area contributed by atoms with Crippen molar-refractivity contribution in [3.05, 3.63) is 35.5 Å². The molecule has 0 saturated heterocycles. The normalized spacial score (nSPS) is 10.3. The molecule has 0 spiro atoms. The highest BCUT2D eigenvalue weighted by atomic mass is 35.5. The van der Waals surface area contributed by atoms with E-state index in [0.717, 1.165) is 16.6 Å². The second-order valence-corrected chi connectivity index (χ2v) is 3.29. The molecule has 0 atom stereocenters. The van der Waals surface area contributed by atoms with Gasteiger partial charge in [0.25, 0.3) is 0 Å². The lowest BCUT2D eigenvalue weighted by atomic mass is 10.2. The minimum absolute atomic E-state index is 0.691. The summed E-state index contributed by atoms with van der Waals surface area (Å²) in [5, 5.41) is 1.71. The molecule has 0 radical (unpaired) electrons. The van der Waals surface area contributed by atoms with Gasteiger partial charge in [-0.05, 0) is 24.3 Å². The van der Waals surface area contributed by atoms with E-state index in [4.69, 9.17) is 11.6 Å². The van der Waals surface area contributed by atoms with Gasteiger partial charge in [0.1, 0.15) is 0 Å². The summed E-state index contributed by atoms with van der Waals surface area (Å²) in [5.41, 5.74) is 1.80. The molecule has 4 heteroatoms. The number of benzene rings is 1. The maximum atomic E-state index is 5.83. The zero-order chi connectivity index (χ0) is 9.26. The molecule has 0 amide bonds. The molecule has 1 N–H and O–H groups in total. The van der Waals surface area contributed by atoms with Crippen molar-refractivity contribution in [2.45, 2.75) is 0 Å². The van der Waals surface area contributed by atoms with Crippen molar-refractivity contribution in [3.63, 3.8) is 0 Å². The Labute approximate surface area is 86.5 Å². The third kappa shape index (κ3) is 1.57. The summed E-state index contributed by atoms with van der Waals surface area (Å²) < 4.78 is 2.80. The number of nitrogens with zero attached hydrogens (tertiary/aromatic N) is 1. The van der Waals surface area contributed by atoms with Crippen molar-refractivity contribution in [2.24, 2.45) is 0 Å². The van der Waals surface area contributed by atoms with Crippen molar-refractivity contribution in [1.29, 1.82) is 0 Å². The number of hydrogen-bond donors (Lipinski definition) is 2. The Morgan fingerprint density at radius 2 is 2.15 bits per heavy atom. The van der Waals surface area contributed by atoms with Gasteiger partial charge in [-0.3, -0.25) is 4.98 Å². The first-order valence-corrected chi connectivity index (χ1v) is 4.58. The van der Waals surface area contributed by atoms with Crippen LogP contribution in [0.1, 0.15) is 0 Å². The molecule has 2 aromatic rings. The number of pyridine rings is 1. The summed E-state index contributed by atoms with van der Waals surface area (Å²) in [7, 11) is 0. The minimum atomic E-state index is 0.691. The van der Waals surface area contributed by atoms with E-state index in [9.17, 15) is 0 Å². The van der Waals surface area contributed by atoms with Crippen molar-refractivity contribution in [1.82, 2.24) is 4.98 Å². The summed E-state index contributed by atoms with van der Waals surface area (Å²) in [4.78, 5) is 4.19. The summed E-state index contributed by atoms with van der Waals surface area (Å²) in [6.45, 7) is 0. The van der Waals surface area contributed by atoms with Crippen LogP contribution in [-0.4, -0.2) is 4.98 Å². The van der Waals surface area contributed by atoms with Gasteiger partial charge < -0.3 is 4.72 Å². The predicted molar refractivity (Wildman–Crippen MR) is 59.4 cm³/mol. The van der Waals surface area contributed by atoms with Crippen LogP contribution in [0.25, 0.3) is 10.9 Å². The maximum Gasteiger partial charge on any atom is 0.0737 e. The van der Waals surface area contributed by atoms with Gasteiger partial charge in [0.2, 0.25) is 0 Å². The zero-order valence-electron chi connectivity index (χ0n) is 6.66. The van der Waals surface area contributed by atoms with Crippen LogP contribution in [0.5, 0.6) is 0 Å². The minimum Gasteiger partial charge on any atom is -0.332 e. The number of hydrogen-bond acceptors (Lipinski definition) is 3. The number of aromatic nitrogens is 1. The topological polar surface area (TPSA) is 24.9 Å². The van der Waals surface area contributed by atoms with Crippen LogP contribution in [-0.2, 0) is 0 Å². The second-order valence-electron chi connectivity index (χ2n) is 2.63. The van der Waals surface area contributed by atoms with Crippen LogP contribution >= 0.6 is 24.4 Å². The Balaban J connectivity index is 2.77. The highest BCUT2D eigenvalue weighted by Crippen LogP contribution is 2.24. The van der Waals surface area contributed by atoms with Crippen LogP contribution in [0.4, 0.5) is 5.69 Å². The first kappa shape index (κ1) is 8.66. The van der Waals surface area contributed by atoms with Crippen LogP contribution in [0.15, 0.2) is 30.5 Å².